The summed E-state index contributed by atoms with van der Waals surface area (Å²) in [5, 5.41) is 0. The zero-order valence-electron chi connectivity index (χ0n) is 17.3. The first-order valence-electron chi connectivity index (χ1n) is 11.2. The van der Waals surface area contributed by atoms with Gasteiger partial charge in [0.05, 0.1) is 0 Å². The molecule has 2 unspecified atom stereocenters. The molecule has 0 N–H and O–H groups in total. The monoisotopic (exact) mass is 324 g/mol. The topological polar surface area (TPSA) is 0 Å². The Labute approximate surface area is 149 Å². The first-order chi connectivity index (χ1) is 11.2. The highest BCUT2D eigenvalue weighted by atomic mass is 14.2. The van der Waals surface area contributed by atoms with Crippen molar-refractivity contribution in [3.05, 3.63) is 0 Å². The average molecular weight is 325 g/mol. The van der Waals surface area contributed by atoms with Gasteiger partial charge in [-0.2, -0.15) is 0 Å². The number of unbranched alkanes of at least 4 members (excludes halogenated alkanes) is 3. The van der Waals surface area contributed by atoms with E-state index in [1.165, 1.54) is 96.3 Å². The van der Waals surface area contributed by atoms with E-state index in [-0.39, 0.29) is 0 Å². The summed E-state index contributed by atoms with van der Waals surface area (Å²) in [6, 6.07) is 0. The van der Waals surface area contributed by atoms with Gasteiger partial charge >= 0.3 is 0 Å². The lowest BCUT2D eigenvalue weighted by Gasteiger charge is -2.21. The fraction of sp³-hybridized carbons (Fsp3) is 1.00. The van der Waals surface area contributed by atoms with Crippen LogP contribution in [0, 0.1) is 17.8 Å². The maximum absolute atomic E-state index is 2.41. The van der Waals surface area contributed by atoms with E-state index in [1.807, 2.05) is 0 Å². The molecule has 0 aliphatic rings. The van der Waals surface area contributed by atoms with E-state index >= 15 is 0 Å². The van der Waals surface area contributed by atoms with Crippen molar-refractivity contribution in [2.24, 2.45) is 17.8 Å². The van der Waals surface area contributed by atoms with E-state index in [1.54, 1.807) is 0 Å². The van der Waals surface area contributed by atoms with Gasteiger partial charge in [-0.15, -0.1) is 0 Å². The zero-order chi connectivity index (χ0) is 17.3. The van der Waals surface area contributed by atoms with E-state index in [9.17, 15) is 0 Å². The van der Waals surface area contributed by atoms with Gasteiger partial charge in [-0.25, -0.2) is 0 Å². The van der Waals surface area contributed by atoms with Crippen LogP contribution in [0.5, 0.6) is 0 Å². The van der Waals surface area contributed by atoms with Gasteiger partial charge in [-0.3, -0.25) is 0 Å². The second kappa shape index (κ2) is 16.8. The molecule has 0 nitrogen and oxygen atoms in total. The molecule has 23 heavy (non-hydrogen) atoms. The van der Waals surface area contributed by atoms with Crippen LogP contribution >= 0.6 is 0 Å². The van der Waals surface area contributed by atoms with Crippen LogP contribution in [-0.4, -0.2) is 0 Å². The minimum absolute atomic E-state index is 0.985. The summed E-state index contributed by atoms with van der Waals surface area (Å²) in [6.45, 7) is 11.8. The molecule has 0 aliphatic heterocycles. The Balaban J connectivity index is 3.96. The van der Waals surface area contributed by atoms with Gasteiger partial charge in [0.25, 0.3) is 0 Å². The van der Waals surface area contributed by atoms with Crippen LogP contribution in [0.25, 0.3) is 0 Å². The predicted octanol–water partition coefficient (Wildman–Crippen LogP) is 8.79. The SMILES string of the molecule is CCCCCCC(CCC)CCC(CC)CCCC(CC)CC. The van der Waals surface area contributed by atoms with Gasteiger partial charge < -0.3 is 0 Å². The van der Waals surface area contributed by atoms with Crippen molar-refractivity contribution in [2.45, 2.75) is 131 Å². The maximum Gasteiger partial charge on any atom is -0.0414 e. The minimum atomic E-state index is 0.985. The number of rotatable bonds is 17. The van der Waals surface area contributed by atoms with Crippen molar-refractivity contribution in [3.8, 4) is 0 Å². The third kappa shape index (κ3) is 13.0. The Morgan fingerprint density at radius 1 is 0.391 bits per heavy atom. The fourth-order valence-corrected chi connectivity index (χ4v) is 4.12. The van der Waals surface area contributed by atoms with Crippen molar-refractivity contribution < 1.29 is 0 Å². The van der Waals surface area contributed by atoms with Crippen LogP contribution in [0.1, 0.15) is 131 Å². The summed E-state index contributed by atoms with van der Waals surface area (Å²) in [5.74, 6) is 3.00. The molecular formula is C23H48. The van der Waals surface area contributed by atoms with E-state index in [0.29, 0.717) is 0 Å². The van der Waals surface area contributed by atoms with Crippen LogP contribution in [0.15, 0.2) is 0 Å². The zero-order valence-corrected chi connectivity index (χ0v) is 17.3. The van der Waals surface area contributed by atoms with E-state index in [4.69, 9.17) is 0 Å². The standard InChI is InChI=1S/C23H48/c1-6-11-12-13-16-23(15-7-2)20-19-22(10-5)18-14-17-21(8-3)9-4/h21-23H,6-20H2,1-5H3. The van der Waals surface area contributed by atoms with Crippen LogP contribution in [-0.2, 0) is 0 Å². The van der Waals surface area contributed by atoms with E-state index in [2.05, 4.69) is 34.6 Å². The van der Waals surface area contributed by atoms with Gasteiger partial charge in [0.15, 0.2) is 0 Å². The third-order valence-corrected chi connectivity index (χ3v) is 6.10. The molecule has 0 aliphatic carbocycles. The third-order valence-electron chi connectivity index (χ3n) is 6.10. The summed E-state index contributed by atoms with van der Waals surface area (Å²) >= 11 is 0. The summed E-state index contributed by atoms with van der Waals surface area (Å²) in [5.41, 5.74) is 0. The molecular weight excluding hydrogens is 276 g/mol. The molecule has 0 fully saturated rings. The lowest BCUT2D eigenvalue weighted by atomic mass is 9.85. The van der Waals surface area contributed by atoms with Crippen molar-refractivity contribution in [1.82, 2.24) is 0 Å². The second-order valence-corrected chi connectivity index (χ2v) is 7.97. The Bertz CT molecular complexity index is 216. The van der Waals surface area contributed by atoms with Crippen LogP contribution in [0.4, 0.5) is 0 Å². The molecule has 0 aromatic heterocycles. The average Bonchev–Trinajstić information content (AvgIpc) is 2.58. The number of hydrogen-bond donors (Lipinski definition) is 0. The summed E-state index contributed by atoms with van der Waals surface area (Å²) in [4.78, 5) is 0. The highest BCUT2D eigenvalue weighted by Gasteiger charge is 2.13. The van der Waals surface area contributed by atoms with Crippen molar-refractivity contribution in [1.29, 1.82) is 0 Å². The Kier molecular flexibility index (Phi) is 16.8. The van der Waals surface area contributed by atoms with E-state index in [0.717, 1.165) is 17.8 Å². The van der Waals surface area contributed by atoms with Gasteiger partial charge in [0, 0.05) is 0 Å². The largest absolute Gasteiger partial charge is 0.0654 e. The molecule has 0 heteroatoms. The smallest absolute Gasteiger partial charge is 0.0414 e. The highest BCUT2D eigenvalue weighted by molar-refractivity contribution is 4.66. The van der Waals surface area contributed by atoms with Crippen LogP contribution in [0.3, 0.4) is 0 Å². The van der Waals surface area contributed by atoms with E-state index < -0.39 is 0 Å². The quantitative estimate of drug-likeness (QED) is 0.234. The molecule has 0 amide bonds. The Hall–Kier alpha value is 0. The minimum Gasteiger partial charge on any atom is -0.0654 e. The van der Waals surface area contributed by atoms with Crippen molar-refractivity contribution >= 4 is 0 Å². The summed E-state index contributed by atoms with van der Waals surface area (Å²) in [7, 11) is 0. The number of hydrogen-bond acceptors (Lipinski definition) is 0. The lowest BCUT2D eigenvalue weighted by molar-refractivity contribution is 0.317. The highest BCUT2D eigenvalue weighted by Crippen LogP contribution is 2.28. The van der Waals surface area contributed by atoms with Gasteiger partial charge in [0.1, 0.15) is 0 Å². The predicted molar refractivity (Wildman–Crippen MR) is 108 cm³/mol. The fourth-order valence-electron chi connectivity index (χ4n) is 4.12. The molecule has 0 saturated heterocycles. The first-order valence-corrected chi connectivity index (χ1v) is 11.2. The molecule has 0 spiro atoms. The first kappa shape index (κ1) is 23.0. The van der Waals surface area contributed by atoms with Crippen LogP contribution < -0.4 is 0 Å². The molecule has 0 heterocycles. The van der Waals surface area contributed by atoms with Crippen molar-refractivity contribution in [3.63, 3.8) is 0 Å². The summed E-state index contributed by atoms with van der Waals surface area (Å²) < 4.78 is 0. The molecule has 0 rings (SSSR count). The summed E-state index contributed by atoms with van der Waals surface area (Å²) in [6.07, 6.45) is 21.7. The molecule has 0 aromatic carbocycles. The van der Waals surface area contributed by atoms with Gasteiger partial charge in [0.2, 0.25) is 0 Å². The second-order valence-electron chi connectivity index (χ2n) is 7.97. The van der Waals surface area contributed by atoms with Gasteiger partial charge in [-0.1, -0.05) is 131 Å². The molecule has 0 radical (unpaired) electrons. The van der Waals surface area contributed by atoms with Crippen molar-refractivity contribution in [2.75, 3.05) is 0 Å². The van der Waals surface area contributed by atoms with Crippen LogP contribution in [0.2, 0.25) is 0 Å². The Morgan fingerprint density at radius 3 is 1.52 bits per heavy atom. The molecule has 140 valence electrons. The molecule has 2 atom stereocenters. The Morgan fingerprint density at radius 2 is 0.957 bits per heavy atom. The normalized spacial score (nSPS) is 14.3. The lowest BCUT2D eigenvalue weighted by Crippen LogP contribution is -2.07. The molecule has 0 aromatic rings. The van der Waals surface area contributed by atoms with Gasteiger partial charge in [-0.05, 0) is 17.8 Å². The maximum atomic E-state index is 2.41. The molecule has 0 saturated carbocycles. The molecule has 0 bridgehead atoms.